The minimum Gasteiger partial charge on any atom is -0.493 e. The largest absolute Gasteiger partial charge is 0.493 e. The highest BCUT2D eigenvalue weighted by atomic mass is 16.5. The molecule has 6 heteroatoms. The van der Waals surface area contributed by atoms with E-state index < -0.39 is 11.5 Å². The number of carbonyl (C=O) groups excluding carboxylic acids is 1. The predicted octanol–water partition coefficient (Wildman–Crippen LogP) is 2.45. The van der Waals surface area contributed by atoms with Crippen molar-refractivity contribution in [3.63, 3.8) is 0 Å². The fourth-order valence-electron chi connectivity index (χ4n) is 4.94. The normalized spacial score (nSPS) is 26.5. The van der Waals surface area contributed by atoms with Gasteiger partial charge in [0.1, 0.15) is 0 Å². The van der Waals surface area contributed by atoms with Crippen molar-refractivity contribution >= 4 is 5.78 Å². The molecule has 0 bridgehead atoms. The molecule has 0 amide bonds. The standard InChI is InChI=1S/C24H29NO5/c1-29-21-11-17-10-20(23(27)19(17)12-22(21)30-2)24(28)8-9-25(18(13-24)15-26)14-16-6-4-3-5-7-16/h3-7,11-12,18,20,26,28H,8-10,13-15H2,1-2H3. The molecule has 1 saturated heterocycles. The maximum atomic E-state index is 13.2. The number of hydrogen-bond acceptors (Lipinski definition) is 6. The first-order valence-corrected chi connectivity index (χ1v) is 10.4. The van der Waals surface area contributed by atoms with Crippen molar-refractivity contribution < 1.29 is 24.5 Å². The lowest BCUT2D eigenvalue weighted by atomic mass is 9.75. The molecule has 0 radical (unpaired) electrons. The van der Waals surface area contributed by atoms with Gasteiger partial charge in [0.05, 0.1) is 32.3 Å². The highest BCUT2D eigenvalue weighted by Crippen LogP contribution is 2.44. The van der Waals surface area contributed by atoms with Crippen molar-refractivity contribution in [2.24, 2.45) is 5.92 Å². The van der Waals surface area contributed by atoms with Gasteiger partial charge in [-0.3, -0.25) is 9.69 Å². The van der Waals surface area contributed by atoms with Gasteiger partial charge in [-0.25, -0.2) is 0 Å². The molecule has 2 N–H and O–H groups in total. The van der Waals surface area contributed by atoms with Crippen molar-refractivity contribution in [1.29, 1.82) is 0 Å². The van der Waals surface area contributed by atoms with Crippen LogP contribution in [0.25, 0.3) is 0 Å². The fourth-order valence-corrected chi connectivity index (χ4v) is 4.94. The zero-order chi connectivity index (χ0) is 21.3. The monoisotopic (exact) mass is 411 g/mol. The first kappa shape index (κ1) is 20.8. The number of likely N-dealkylation sites (tertiary alicyclic amines) is 1. The van der Waals surface area contributed by atoms with E-state index in [9.17, 15) is 15.0 Å². The van der Waals surface area contributed by atoms with Crippen molar-refractivity contribution in [3.8, 4) is 11.5 Å². The van der Waals surface area contributed by atoms with Crippen LogP contribution in [0.3, 0.4) is 0 Å². The van der Waals surface area contributed by atoms with E-state index in [-0.39, 0.29) is 18.4 Å². The quantitative estimate of drug-likeness (QED) is 0.760. The summed E-state index contributed by atoms with van der Waals surface area (Å²) in [5, 5.41) is 21.6. The Bertz CT molecular complexity index is 915. The van der Waals surface area contributed by atoms with E-state index in [2.05, 4.69) is 17.0 Å². The maximum Gasteiger partial charge on any atom is 0.169 e. The summed E-state index contributed by atoms with van der Waals surface area (Å²) in [4.78, 5) is 15.4. The zero-order valence-corrected chi connectivity index (χ0v) is 17.5. The SMILES string of the molecule is COc1cc2c(cc1OC)C(=O)C(C1(O)CCN(Cc3ccccc3)C(CO)C1)C2. The number of Topliss-reactive ketones (excluding diaryl/α,β-unsaturated/α-hetero) is 1. The van der Waals surface area contributed by atoms with E-state index >= 15 is 0 Å². The van der Waals surface area contributed by atoms with Crippen LogP contribution in [0, 0.1) is 5.92 Å². The molecule has 1 heterocycles. The number of hydrogen-bond donors (Lipinski definition) is 2. The Morgan fingerprint density at radius 3 is 2.50 bits per heavy atom. The molecule has 1 aliphatic carbocycles. The summed E-state index contributed by atoms with van der Waals surface area (Å²) in [6.07, 6.45) is 1.34. The molecule has 0 saturated carbocycles. The van der Waals surface area contributed by atoms with E-state index in [1.54, 1.807) is 20.3 Å². The topological polar surface area (TPSA) is 79.2 Å². The number of ketones is 1. The van der Waals surface area contributed by atoms with Gasteiger partial charge in [-0.15, -0.1) is 0 Å². The molecule has 0 spiro atoms. The van der Waals surface area contributed by atoms with Crippen molar-refractivity contribution in [2.45, 2.75) is 37.5 Å². The highest BCUT2D eigenvalue weighted by molar-refractivity contribution is 6.03. The second-order valence-electron chi connectivity index (χ2n) is 8.34. The smallest absolute Gasteiger partial charge is 0.169 e. The predicted molar refractivity (Wildman–Crippen MR) is 113 cm³/mol. The van der Waals surface area contributed by atoms with Crippen LogP contribution in [0.4, 0.5) is 0 Å². The van der Waals surface area contributed by atoms with Crippen LogP contribution in [0.2, 0.25) is 0 Å². The third-order valence-electron chi connectivity index (χ3n) is 6.64. The van der Waals surface area contributed by atoms with Crippen LogP contribution in [0.5, 0.6) is 11.5 Å². The molecule has 0 aromatic heterocycles. The number of nitrogens with zero attached hydrogens (tertiary/aromatic N) is 1. The molecule has 3 unspecified atom stereocenters. The average molecular weight is 411 g/mol. The van der Waals surface area contributed by atoms with Gasteiger partial charge in [0.25, 0.3) is 0 Å². The minimum absolute atomic E-state index is 0.0509. The van der Waals surface area contributed by atoms with Gasteiger partial charge < -0.3 is 19.7 Å². The number of aliphatic hydroxyl groups excluding tert-OH is 1. The zero-order valence-electron chi connectivity index (χ0n) is 17.5. The Balaban J connectivity index is 1.53. The second-order valence-corrected chi connectivity index (χ2v) is 8.34. The summed E-state index contributed by atoms with van der Waals surface area (Å²) in [6.45, 7) is 1.30. The third kappa shape index (κ3) is 3.71. The van der Waals surface area contributed by atoms with Gasteiger partial charge in [0, 0.05) is 24.7 Å². The number of fused-ring (bicyclic) bond motifs is 1. The maximum absolute atomic E-state index is 13.2. The highest BCUT2D eigenvalue weighted by Gasteiger charge is 2.49. The third-order valence-corrected chi connectivity index (χ3v) is 6.64. The number of aliphatic hydroxyl groups is 2. The molecule has 3 atom stereocenters. The summed E-state index contributed by atoms with van der Waals surface area (Å²) in [5.74, 6) is 0.532. The van der Waals surface area contributed by atoms with E-state index in [0.29, 0.717) is 42.9 Å². The van der Waals surface area contributed by atoms with Crippen LogP contribution in [-0.2, 0) is 13.0 Å². The van der Waals surface area contributed by atoms with Gasteiger partial charge >= 0.3 is 0 Å². The average Bonchev–Trinajstić information content (AvgIpc) is 3.11. The van der Waals surface area contributed by atoms with Crippen molar-refractivity contribution in [2.75, 3.05) is 27.4 Å². The Labute approximate surface area is 177 Å². The lowest BCUT2D eigenvalue weighted by Crippen LogP contribution is -2.55. The molecule has 4 rings (SSSR count). The van der Waals surface area contributed by atoms with Crippen LogP contribution >= 0.6 is 0 Å². The lowest BCUT2D eigenvalue weighted by Gasteiger charge is -2.45. The second kappa shape index (κ2) is 8.38. The number of rotatable bonds is 6. The number of ether oxygens (including phenoxy) is 2. The molecular weight excluding hydrogens is 382 g/mol. The van der Waals surface area contributed by atoms with Gasteiger partial charge in [-0.05, 0) is 42.5 Å². The molecule has 2 aliphatic rings. The first-order chi connectivity index (χ1) is 14.5. The fraction of sp³-hybridized carbons (Fsp3) is 0.458. The van der Waals surface area contributed by atoms with Gasteiger partial charge in [-0.2, -0.15) is 0 Å². The van der Waals surface area contributed by atoms with Crippen molar-refractivity contribution in [3.05, 3.63) is 59.2 Å². The number of carbonyl (C=O) groups is 1. The van der Waals surface area contributed by atoms with Crippen LogP contribution < -0.4 is 9.47 Å². The molecule has 160 valence electrons. The molecule has 2 aromatic carbocycles. The Hall–Kier alpha value is -2.41. The molecule has 1 aliphatic heterocycles. The molecular formula is C24H29NO5. The van der Waals surface area contributed by atoms with E-state index in [4.69, 9.17) is 9.47 Å². The first-order valence-electron chi connectivity index (χ1n) is 10.4. The van der Waals surface area contributed by atoms with E-state index in [1.807, 2.05) is 24.3 Å². The van der Waals surface area contributed by atoms with Crippen LogP contribution in [0.15, 0.2) is 42.5 Å². The minimum atomic E-state index is -1.14. The Kier molecular flexibility index (Phi) is 5.82. The van der Waals surface area contributed by atoms with Gasteiger partial charge in [0.15, 0.2) is 17.3 Å². The van der Waals surface area contributed by atoms with Gasteiger partial charge in [0.2, 0.25) is 0 Å². The molecule has 2 aromatic rings. The van der Waals surface area contributed by atoms with Gasteiger partial charge in [-0.1, -0.05) is 30.3 Å². The van der Waals surface area contributed by atoms with Crippen LogP contribution in [-0.4, -0.2) is 59.9 Å². The summed E-state index contributed by atoms with van der Waals surface area (Å²) >= 11 is 0. The Morgan fingerprint density at radius 2 is 1.83 bits per heavy atom. The van der Waals surface area contributed by atoms with E-state index in [0.717, 1.165) is 12.1 Å². The molecule has 6 nitrogen and oxygen atoms in total. The molecule has 1 fully saturated rings. The van der Waals surface area contributed by atoms with Crippen molar-refractivity contribution in [1.82, 2.24) is 4.90 Å². The summed E-state index contributed by atoms with van der Waals surface area (Å²) < 4.78 is 10.7. The number of piperidine rings is 1. The Morgan fingerprint density at radius 1 is 1.13 bits per heavy atom. The van der Waals surface area contributed by atoms with E-state index in [1.165, 1.54) is 5.56 Å². The molecule has 30 heavy (non-hydrogen) atoms. The lowest BCUT2D eigenvalue weighted by molar-refractivity contribution is -0.0860. The van der Waals surface area contributed by atoms with Crippen LogP contribution in [0.1, 0.15) is 34.3 Å². The number of methoxy groups -OCH3 is 2. The summed E-state index contributed by atoms with van der Waals surface area (Å²) in [6, 6.07) is 13.5. The number of benzene rings is 2. The summed E-state index contributed by atoms with van der Waals surface area (Å²) in [5.41, 5.74) is 1.50. The summed E-state index contributed by atoms with van der Waals surface area (Å²) in [7, 11) is 3.11.